The minimum atomic E-state index is -3.46. The largest absolute Gasteiger partial charge is 0.497 e. The number of fused-ring (bicyclic) bond motifs is 5. The highest BCUT2D eigenvalue weighted by atomic mass is 32.2. The summed E-state index contributed by atoms with van der Waals surface area (Å²) in [5, 5.41) is -0.463. The molecule has 2 aromatic rings. The first-order chi connectivity index (χ1) is 13.0. The molecule has 0 N–H and O–H groups in total. The Morgan fingerprint density at radius 1 is 1.11 bits per heavy atom. The molecular weight excluding hydrogens is 360 g/mol. The number of benzene rings is 2. The van der Waals surface area contributed by atoms with Gasteiger partial charge in [0.15, 0.2) is 0 Å². The van der Waals surface area contributed by atoms with Gasteiger partial charge in [-0.05, 0) is 48.7 Å². The van der Waals surface area contributed by atoms with E-state index >= 15 is 0 Å². The van der Waals surface area contributed by atoms with Crippen molar-refractivity contribution in [3.63, 3.8) is 0 Å². The van der Waals surface area contributed by atoms with E-state index < -0.39 is 15.3 Å². The van der Waals surface area contributed by atoms with Crippen molar-refractivity contribution < 1.29 is 13.2 Å². The van der Waals surface area contributed by atoms with E-state index in [1.54, 1.807) is 14.2 Å². The molecule has 4 atom stereocenters. The van der Waals surface area contributed by atoms with Gasteiger partial charge in [-0.25, -0.2) is 8.42 Å². The summed E-state index contributed by atoms with van der Waals surface area (Å²) >= 11 is 0. The Bertz CT molecular complexity index is 976. The fourth-order valence-corrected chi connectivity index (χ4v) is 7.59. The molecule has 2 fully saturated rings. The predicted molar refractivity (Wildman–Crippen MR) is 106 cm³/mol. The van der Waals surface area contributed by atoms with Crippen molar-refractivity contribution in [2.24, 2.45) is 0 Å². The van der Waals surface area contributed by atoms with E-state index in [1.165, 1.54) is 4.31 Å². The van der Waals surface area contributed by atoms with Gasteiger partial charge in [0.2, 0.25) is 10.0 Å². The zero-order valence-corrected chi connectivity index (χ0v) is 16.4. The third-order valence-corrected chi connectivity index (χ3v) is 8.78. The molecule has 5 rings (SSSR count). The summed E-state index contributed by atoms with van der Waals surface area (Å²) in [5.74, 6) is 0.768. The summed E-state index contributed by atoms with van der Waals surface area (Å²) in [6.45, 7) is 0.949. The first-order valence-electron chi connectivity index (χ1n) is 9.50. The van der Waals surface area contributed by atoms with Gasteiger partial charge in [-0.1, -0.05) is 30.3 Å². The van der Waals surface area contributed by atoms with Gasteiger partial charge in [0, 0.05) is 19.0 Å². The second kappa shape index (κ2) is 5.97. The van der Waals surface area contributed by atoms with Gasteiger partial charge in [0.1, 0.15) is 11.0 Å². The smallest absolute Gasteiger partial charge is 0.240 e. The molecule has 27 heavy (non-hydrogen) atoms. The molecule has 5 nitrogen and oxygen atoms in total. The number of methoxy groups -OCH3 is 1. The average molecular weight is 385 g/mol. The van der Waals surface area contributed by atoms with E-state index in [-0.39, 0.29) is 18.0 Å². The molecule has 0 amide bonds. The number of rotatable bonds is 2. The van der Waals surface area contributed by atoms with Gasteiger partial charge < -0.3 is 4.74 Å². The lowest BCUT2D eigenvalue weighted by Gasteiger charge is -2.39. The molecule has 6 heteroatoms. The average Bonchev–Trinajstić information content (AvgIpc) is 3.27. The molecule has 0 radical (unpaired) electrons. The van der Waals surface area contributed by atoms with Crippen molar-refractivity contribution in [3.05, 3.63) is 59.7 Å². The molecule has 3 aliphatic rings. The van der Waals surface area contributed by atoms with E-state index in [1.807, 2.05) is 36.4 Å². The van der Waals surface area contributed by atoms with Gasteiger partial charge in [-0.15, -0.1) is 0 Å². The first kappa shape index (κ1) is 17.1. The molecule has 0 bridgehead atoms. The minimum Gasteiger partial charge on any atom is -0.497 e. The Balaban J connectivity index is 1.74. The Kier molecular flexibility index (Phi) is 3.78. The second-order valence-electron chi connectivity index (χ2n) is 7.73. The van der Waals surface area contributed by atoms with Gasteiger partial charge in [0.25, 0.3) is 0 Å². The monoisotopic (exact) mass is 384 g/mol. The van der Waals surface area contributed by atoms with Crippen LogP contribution in [0.5, 0.6) is 5.75 Å². The quantitative estimate of drug-likeness (QED) is 0.798. The van der Waals surface area contributed by atoms with Crippen molar-refractivity contribution in [3.8, 4) is 5.75 Å². The molecule has 3 heterocycles. The second-order valence-corrected chi connectivity index (χ2v) is 9.85. The molecular formula is C21H24N2O3S. The maximum atomic E-state index is 13.6. The topological polar surface area (TPSA) is 49.9 Å². The van der Waals surface area contributed by atoms with Crippen LogP contribution < -0.4 is 9.04 Å². The van der Waals surface area contributed by atoms with Gasteiger partial charge in [-0.3, -0.25) is 9.21 Å². The molecule has 2 saturated heterocycles. The van der Waals surface area contributed by atoms with Crippen molar-refractivity contribution in [1.29, 1.82) is 0 Å². The van der Waals surface area contributed by atoms with Crippen LogP contribution in [0, 0.1) is 0 Å². The molecule has 0 saturated carbocycles. The van der Waals surface area contributed by atoms with E-state index in [9.17, 15) is 8.42 Å². The zero-order chi connectivity index (χ0) is 18.8. The lowest BCUT2D eigenvalue weighted by molar-refractivity contribution is 0.244. The van der Waals surface area contributed by atoms with E-state index in [2.05, 4.69) is 17.0 Å². The summed E-state index contributed by atoms with van der Waals surface area (Å²) in [6, 6.07) is 16.1. The Morgan fingerprint density at radius 3 is 2.63 bits per heavy atom. The lowest BCUT2D eigenvalue weighted by atomic mass is 9.87. The van der Waals surface area contributed by atoms with Gasteiger partial charge >= 0.3 is 0 Å². The third kappa shape index (κ3) is 2.29. The van der Waals surface area contributed by atoms with Crippen LogP contribution in [0.2, 0.25) is 0 Å². The highest BCUT2D eigenvalue weighted by Gasteiger charge is 2.60. The van der Waals surface area contributed by atoms with Crippen LogP contribution in [-0.2, 0) is 10.0 Å². The number of hydrogen-bond acceptors (Lipinski definition) is 4. The number of anilines is 1. The third-order valence-electron chi connectivity index (χ3n) is 6.58. The minimum absolute atomic E-state index is 0.00880. The van der Waals surface area contributed by atoms with Crippen molar-refractivity contribution >= 4 is 15.7 Å². The molecule has 0 spiro atoms. The molecule has 142 valence electrons. The van der Waals surface area contributed by atoms with Crippen LogP contribution in [0.25, 0.3) is 0 Å². The molecule has 0 aliphatic carbocycles. The molecule has 0 unspecified atom stereocenters. The number of ether oxygens (including phenoxy) is 1. The predicted octanol–water partition coefficient (Wildman–Crippen LogP) is 3.15. The number of sulfonamides is 1. The van der Waals surface area contributed by atoms with Crippen LogP contribution in [0.3, 0.4) is 0 Å². The molecule has 2 aromatic carbocycles. The van der Waals surface area contributed by atoms with E-state index in [0.29, 0.717) is 0 Å². The summed E-state index contributed by atoms with van der Waals surface area (Å²) in [6.07, 6.45) is 2.16. The van der Waals surface area contributed by atoms with Crippen LogP contribution in [0.4, 0.5) is 5.69 Å². The van der Waals surface area contributed by atoms with Crippen LogP contribution in [0.1, 0.15) is 35.9 Å². The number of hydrogen-bond donors (Lipinski definition) is 0. The van der Waals surface area contributed by atoms with E-state index in [4.69, 9.17) is 4.74 Å². The Morgan fingerprint density at radius 2 is 1.89 bits per heavy atom. The van der Waals surface area contributed by atoms with Crippen molar-refractivity contribution in [2.75, 3.05) is 25.0 Å². The highest BCUT2D eigenvalue weighted by Crippen LogP contribution is 2.57. The first-order valence-corrected chi connectivity index (χ1v) is 11.0. The standard InChI is InChI=1S/C21H24N2O3S/c1-22-17-11-10-15(26-2)13-16(17)20-21(27(22,24)25)19(14-7-4-3-5-8-14)18-9-6-12-23(18)20/h3-5,7-8,10-11,13,18-21H,6,9,12H2,1-2H3/t18-,19+,20-,21-/m0/s1. The fourth-order valence-electron chi connectivity index (χ4n) is 5.44. The lowest BCUT2D eigenvalue weighted by Crippen LogP contribution is -2.46. The van der Waals surface area contributed by atoms with Gasteiger partial charge in [0.05, 0.1) is 18.8 Å². The molecule has 3 aliphatic heterocycles. The Labute approximate surface area is 160 Å². The maximum Gasteiger partial charge on any atom is 0.240 e. The van der Waals surface area contributed by atoms with Crippen LogP contribution >= 0.6 is 0 Å². The van der Waals surface area contributed by atoms with Crippen molar-refractivity contribution in [1.82, 2.24) is 4.90 Å². The summed E-state index contributed by atoms with van der Waals surface area (Å²) in [7, 11) is -0.122. The number of nitrogens with zero attached hydrogens (tertiary/aromatic N) is 2. The summed E-state index contributed by atoms with van der Waals surface area (Å²) in [5.41, 5.74) is 2.98. The van der Waals surface area contributed by atoms with Crippen molar-refractivity contribution in [2.45, 2.75) is 36.1 Å². The Hall–Kier alpha value is -2.05. The fraction of sp³-hybridized carbons (Fsp3) is 0.429. The normalized spacial score (nSPS) is 31.3. The molecule has 0 aromatic heterocycles. The van der Waals surface area contributed by atoms with Gasteiger partial charge in [-0.2, -0.15) is 0 Å². The summed E-state index contributed by atoms with van der Waals surface area (Å²) in [4.78, 5) is 2.44. The zero-order valence-electron chi connectivity index (χ0n) is 15.6. The van der Waals surface area contributed by atoms with Crippen LogP contribution in [0.15, 0.2) is 48.5 Å². The summed E-state index contributed by atoms with van der Waals surface area (Å²) < 4.78 is 34.1. The van der Waals surface area contributed by atoms with E-state index in [0.717, 1.165) is 42.0 Å². The SMILES string of the molecule is COc1ccc2c(c1)[C@H]1[C@H]([C@H](c3ccccc3)[C@@H]3CCCN31)S(=O)(=O)N2C. The highest BCUT2D eigenvalue weighted by molar-refractivity contribution is 7.93. The maximum absolute atomic E-state index is 13.6. The van der Waals surface area contributed by atoms with Crippen LogP contribution in [-0.4, -0.2) is 45.3 Å².